The van der Waals surface area contributed by atoms with E-state index in [-0.39, 0.29) is 0 Å². The van der Waals surface area contributed by atoms with Crippen LogP contribution in [-0.4, -0.2) is 40.7 Å². The van der Waals surface area contributed by atoms with Crippen LogP contribution in [0.15, 0.2) is 4.52 Å². The fraction of sp³-hybridized carbons (Fsp3) is 0.833. The lowest BCUT2D eigenvalue weighted by Gasteiger charge is -2.17. The lowest BCUT2D eigenvalue weighted by atomic mass is 10.1. The average Bonchev–Trinajstić information content (AvgIpc) is 2.63. The van der Waals surface area contributed by atoms with Crippen molar-refractivity contribution >= 4 is 0 Å². The molecule has 1 aliphatic heterocycles. The van der Waals surface area contributed by atoms with Gasteiger partial charge in [-0.3, -0.25) is 0 Å². The first-order valence-electron chi connectivity index (χ1n) is 6.53. The first kappa shape index (κ1) is 12.5. The standard InChI is InChI=1S/C12H22N4O/c1-3-16-7-4-5-11(6-8-16)13-9-12-14-10(2)15-17-12/h11,13H,3-9H2,1-2H3. The number of aromatic nitrogens is 2. The molecule has 0 radical (unpaired) electrons. The number of hydrogen-bond donors (Lipinski definition) is 1. The van der Waals surface area contributed by atoms with Crippen LogP contribution in [0.25, 0.3) is 0 Å². The minimum atomic E-state index is 0.582. The fourth-order valence-corrected chi connectivity index (χ4v) is 2.32. The van der Waals surface area contributed by atoms with Gasteiger partial charge in [0.15, 0.2) is 5.82 Å². The molecule has 2 rings (SSSR count). The highest BCUT2D eigenvalue weighted by atomic mass is 16.5. The van der Waals surface area contributed by atoms with Gasteiger partial charge in [0.25, 0.3) is 0 Å². The monoisotopic (exact) mass is 238 g/mol. The molecule has 0 saturated carbocycles. The van der Waals surface area contributed by atoms with Crippen molar-refractivity contribution in [1.29, 1.82) is 0 Å². The van der Waals surface area contributed by atoms with E-state index in [9.17, 15) is 0 Å². The van der Waals surface area contributed by atoms with Crippen molar-refractivity contribution in [1.82, 2.24) is 20.4 Å². The van der Waals surface area contributed by atoms with E-state index in [1.807, 2.05) is 6.92 Å². The van der Waals surface area contributed by atoms with Gasteiger partial charge in [-0.25, -0.2) is 0 Å². The molecule has 2 heterocycles. The largest absolute Gasteiger partial charge is 0.338 e. The predicted molar refractivity (Wildman–Crippen MR) is 65.6 cm³/mol. The Kier molecular flexibility index (Phi) is 4.50. The van der Waals surface area contributed by atoms with E-state index in [1.54, 1.807) is 0 Å². The highest BCUT2D eigenvalue weighted by Gasteiger charge is 2.16. The normalized spacial score (nSPS) is 22.6. The number of nitrogens with zero attached hydrogens (tertiary/aromatic N) is 3. The van der Waals surface area contributed by atoms with Crippen LogP contribution in [0.1, 0.15) is 37.9 Å². The summed E-state index contributed by atoms with van der Waals surface area (Å²) in [5, 5.41) is 7.30. The second kappa shape index (κ2) is 6.12. The molecular formula is C12H22N4O. The summed E-state index contributed by atoms with van der Waals surface area (Å²) >= 11 is 0. The maximum Gasteiger partial charge on any atom is 0.240 e. The molecule has 0 aromatic carbocycles. The summed E-state index contributed by atoms with van der Waals surface area (Å²) in [6.45, 7) is 8.35. The molecule has 0 aliphatic carbocycles. The summed E-state index contributed by atoms with van der Waals surface area (Å²) in [6.07, 6.45) is 3.72. The molecule has 5 nitrogen and oxygen atoms in total. The Hall–Kier alpha value is -0.940. The van der Waals surface area contributed by atoms with Crippen LogP contribution in [0.3, 0.4) is 0 Å². The van der Waals surface area contributed by atoms with Crippen molar-refractivity contribution in [3.8, 4) is 0 Å². The number of likely N-dealkylation sites (tertiary alicyclic amines) is 1. The lowest BCUT2D eigenvalue weighted by molar-refractivity contribution is 0.295. The molecule has 0 amide bonds. The third kappa shape index (κ3) is 3.78. The van der Waals surface area contributed by atoms with Crippen molar-refractivity contribution in [3.63, 3.8) is 0 Å². The Morgan fingerprint density at radius 2 is 2.29 bits per heavy atom. The van der Waals surface area contributed by atoms with Gasteiger partial charge >= 0.3 is 0 Å². The van der Waals surface area contributed by atoms with Gasteiger partial charge in [-0.2, -0.15) is 4.98 Å². The molecule has 1 atom stereocenters. The van der Waals surface area contributed by atoms with E-state index in [2.05, 4.69) is 27.3 Å². The Morgan fingerprint density at radius 1 is 1.41 bits per heavy atom. The van der Waals surface area contributed by atoms with E-state index in [0.717, 1.165) is 6.54 Å². The third-order valence-electron chi connectivity index (χ3n) is 3.38. The Morgan fingerprint density at radius 3 is 3.00 bits per heavy atom. The third-order valence-corrected chi connectivity index (χ3v) is 3.38. The second-order valence-corrected chi connectivity index (χ2v) is 4.68. The molecule has 1 aliphatic rings. The summed E-state index contributed by atoms with van der Waals surface area (Å²) in [4.78, 5) is 6.71. The molecule has 0 bridgehead atoms. The summed E-state index contributed by atoms with van der Waals surface area (Å²) in [5.41, 5.74) is 0. The van der Waals surface area contributed by atoms with Gasteiger partial charge < -0.3 is 14.7 Å². The summed E-state index contributed by atoms with van der Waals surface area (Å²) in [7, 11) is 0. The van der Waals surface area contributed by atoms with E-state index in [0.29, 0.717) is 24.3 Å². The van der Waals surface area contributed by atoms with Crippen molar-refractivity contribution in [2.75, 3.05) is 19.6 Å². The van der Waals surface area contributed by atoms with Crippen molar-refractivity contribution < 1.29 is 4.52 Å². The molecule has 1 saturated heterocycles. The number of hydrogen-bond acceptors (Lipinski definition) is 5. The van der Waals surface area contributed by atoms with E-state index >= 15 is 0 Å². The van der Waals surface area contributed by atoms with Crippen LogP contribution in [-0.2, 0) is 6.54 Å². The molecule has 1 aromatic heterocycles. The molecule has 0 spiro atoms. The quantitative estimate of drug-likeness (QED) is 0.858. The van der Waals surface area contributed by atoms with Crippen LogP contribution >= 0.6 is 0 Å². The average molecular weight is 238 g/mol. The molecule has 5 heteroatoms. The van der Waals surface area contributed by atoms with Crippen LogP contribution in [0.5, 0.6) is 0 Å². The lowest BCUT2D eigenvalue weighted by Crippen LogP contribution is -2.30. The van der Waals surface area contributed by atoms with Crippen molar-refractivity contribution in [2.45, 2.75) is 45.7 Å². The van der Waals surface area contributed by atoms with Crippen LogP contribution in [0.4, 0.5) is 0 Å². The van der Waals surface area contributed by atoms with Gasteiger partial charge in [0.2, 0.25) is 5.89 Å². The van der Waals surface area contributed by atoms with Gasteiger partial charge in [-0.15, -0.1) is 0 Å². The van der Waals surface area contributed by atoms with Crippen LogP contribution < -0.4 is 5.32 Å². The zero-order valence-electron chi connectivity index (χ0n) is 10.8. The maximum absolute atomic E-state index is 5.09. The Bertz CT molecular complexity index is 339. The molecule has 1 N–H and O–H groups in total. The van der Waals surface area contributed by atoms with E-state index in [1.165, 1.54) is 32.4 Å². The van der Waals surface area contributed by atoms with E-state index in [4.69, 9.17) is 4.52 Å². The van der Waals surface area contributed by atoms with E-state index < -0.39 is 0 Å². The zero-order chi connectivity index (χ0) is 12.1. The SMILES string of the molecule is CCN1CCCC(NCc2nc(C)no2)CC1. The molecule has 1 aromatic rings. The van der Waals surface area contributed by atoms with Gasteiger partial charge in [-0.1, -0.05) is 12.1 Å². The maximum atomic E-state index is 5.09. The Balaban J connectivity index is 1.75. The molecule has 96 valence electrons. The van der Waals surface area contributed by atoms with Crippen molar-refractivity contribution in [3.05, 3.63) is 11.7 Å². The topological polar surface area (TPSA) is 54.2 Å². The summed E-state index contributed by atoms with van der Waals surface area (Å²) < 4.78 is 5.09. The molecule has 1 fully saturated rings. The van der Waals surface area contributed by atoms with Gasteiger partial charge in [0, 0.05) is 6.04 Å². The molecular weight excluding hydrogens is 216 g/mol. The highest BCUT2D eigenvalue weighted by Crippen LogP contribution is 2.11. The van der Waals surface area contributed by atoms with Crippen LogP contribution in [0, 0.1) is 6.92 Å². The number of rotatable bonds is 4. The second-order valence-electron chi connectivity index (χ2n) is 4.68. The first-order valence-corrected chi connectivity index (χ1v) is 6.53. The van der Waals surface area contributed by atoms with Gasteiger partial charge in [0.05, 0.1) is 6.54 Å². The highest BCUT2D eigenvalue weighted by molar-refractivity contribution is 4.84. The van der Waals surface area contributed by atoms with Crippen LogP contribution in [0.2, 0.25) is 0 Å². The summed E-state index contributed by atoms with van der Waals surface area (Å²) in [5.74, 6) is 1.40. The molecule has 1 unspecified atom stereocenters. The van der Waals surface area contributed by atoms with Crippen molar-refractivity contribution in [2.24, 2.45) is 0 Å². The smallest absolute Gasteiger partial charge is 0.240 e. The minimum Gasteiger partial charge on any atom is -0.338 e. The Labute approximate surface area is 103 Å². The van der Waals surface area contributed by atoms with Gasteiger partial charge in [-0.05, 0) is 45.8 Å². The summed E-state index contributed by atoms with van der Waals surface area (Å²) in [6, 6.07) is 0.582. The number of nitrogens with one attached hydrogen (secondary N) is 1. The first-order chi connectivity index (χ1) is 8.28. The number of aryl methyl sites for hydroxylation is 1. The van der Waals surface area contributed by atoms with Gasteiger partial charge in [0.1, 0.15) is 0 Å². The minimum absolute atomic E-state index is 0.582. The fourth-order valence-electron chi connectivity index (χ4n) is 2.32. The zero-order valence-corrected chi connectivity index (χ0v) is 10.8. The molecule has 17 heavy (non-hydrogen) atoms. The predicted octanol–water partition coefficient (Wildman–Crippen LogP) is 1.34.